The first-order chi connectivity index (χ1) is 18.8. The van der Waals surface area contributed by atoms with Crippen LogP contribution in [0.2, 0.25) is 0 Å². The van der Waals surface area contributed by atoms with Gasteiger partial charge in [-0.1, -0.05) is 68.3 Å². The number of likely N-dealkylation sites (N-methyl/N-ethyl adjacent to an activating group) is 1. The Kier molecular flexibility index (Phi) is 5.80. The summed E-state index contributed by atoms with van der Waals surface area (Å²) in [5.74, 6) is 1.73. The molecule has 5 nitrogen and oxygen atoms in total. The van der Waals surface area contributed by atoms with Crippen molar-refractivity contribution in [2.24, 2.45) is 11.3 Å². The second kappa shape index (κ2) is 8.83. The highest BCUT2D eigenvalue weighted by Gasteiger charge is 2.80. The minimum atomic E-state index is -0.842. The number of rotatable bonds is 9. The Labute approximate surface area is 233 Å². The second-order valence-electron chi connectivity index (χ2n) is 13.1. The molecule has 5 heteroatoms. The van der Waals surface area contributed by atoms with E-state index < -0.39 is 11.2 Å². The van der Waals surface area contributed by atoms with Crippen molar-refractivity contribution in [3.63, 3.8) is 0 Å². The molecule has 8 rings (SSSR count). The van der Waals surface area contributed by atoms with Crippen LogP contribution in [0.3, 0.4) is 0 Å². The largest absolute Gasteiger partial charge is 0.489 e. The van der Waals surface area contributed by atoms with E-state index in [1.807, 2.05) is 14.0 Å². The molecule has 0 aromatic heterocycles. The van der Waals surface area contributed by atoms with Crippen LogP contribution in [0, 0.1) is 11.3 Å². The minimum absolute atomic E-state index is 0.0445. The van der Waals surface area contributed by atoms with E-state index >= 15 is 0 Å². The van der Waals surface area contributed by atoms with Gasteiger partial charge in [-0.05, 0) is 63.4 Å². The lowest BCUT2D eigenvalue weighted by Crippen LogP contribution is -2.80. The van der Waals surface area contributed by atoms with Crippen molar-refractivity contribution in [1.82, 2.24) is 4.90 Å². The molecule has 2 spiro atoms. The molecule has 1 saturated heterocycles. The molecule has 7 atom stereocenters. The molecule has 4 bridgehead atoms. The van der Waals surface area contributed by atoms with Crippen LogP contribution >= 0.6 is 0 Å². The standard InChI is InChI=1S/C34H43NO4/c1-5-6-15-31(2,36)26-22-32-16-17-34(26,37-4)30-33(32)18-19-35(3)27(32)21-24-12-13-25(29(39-30)28(24)33)38-20-14-23-10-8-7-9-11-23/h7-13,16-17,26-27,30,36H,5-6,14-15,18-22H2,1-4H3/t26-,27-,30-,31-,32?,33+,34+/m1/s1. The molecular formula is C34H43NO4. The number of piperidine rings is 1. The number of unbranched alkanes of at least 4 members (excludes halogenated alkanes) is 1. The smallest absolute Gasteiger partial charge is 0.166 e. The highest BCUT2D eigenvalue weighted by atomic mass is 16.6. The normalized spacial score (nSPS) is 36.8. The van der Waals surface area contributed by atoms with Gasteiger partial charge in [0.2, 0.25) is 0 Å². The quantitative estimate of drug-likeness (QED) is 0.437. The molecule has 2 heterocycles. The Hall–Kier alpha value is -2.34. The molecule has 2 aliphatic heterocycles. The Morgan fingerprint density at radius 1 is 1.15 bits per heavy atom. The lowest BCUT2D eigenvalue weighted by atomic mass is 9.36. The molecule has 0 radical (unpaired) electrons. The number of likely N-dealkylation sites (tertiary alicyclic amines) is 1. The Bertz CT molecular complexity index is 1290. The van der Waals surface area contributed by atoms with Crippen LogP contribution in [0.25, 0.3) is 0 Å². The predicted octanol–water partition coefficient (Wildman–Crippen LogP) is 5.47. The molecule has 2 fully saturated rings. The number of nitrogens with zero attached hydrogens (tertiary/aromatic N) is 1. The molecule has 208 valence electrons. The summed E-state index contributed by atoms with van der Waals surface area (Å²) in [6.45, 7) is 5.88. The number of aliphatic hydroxyl groups is 1. The van der Waals surface area contributed by atoms with Crippen molar-refractivity contribution in [3.8, 4) is 11.5 Å². The number of benzene rings is 2. The van der Waals surface area contributed by atoms with Gasteiger partial charge in [-0.15, -0.1) is 0 Å². The van der Waals surface area contributed by atoms with E-state index in [1.54, 1.807) is 0 Å². The van der Waals surface area contributed by atoms with Gasteiger partial charge in [0.05, 0.1) is 17.6 Å². The zero-order valence-electron chi connectivity index (χ0n) is 23.9. The molecule has 2 aromatic rings. The number of methoxy groups -OCH3 is 1. The fourth-order valence-corrected chi connectivity index (χ4v) is 9.50. The first-order valence-corrected chi connectivity index (χ1v) is 15.0. The zero-order valence-corrected chi connectivity index (χ0v) is 23.9. The van der Waals surface area contributed by atoms with Gasteiger partial charge in [0, 0.05) is 36.5 Å². The molecule has 0 amide bonds. The van der Waals surface area contributed by atoms with Gasteiger partial charge in [-0.25, -0.2) is 0 Å². The van der Waals surface area contributed by atoms with Crippen LogP contribution in [-0.4, -0.2) is 60.7 Å². The van der Waals surface area contributed by atoms with Gasteiger partial charge in [0.1, 0.15) is 11.7 Å². The van der Waals surface area contributed by atoms with Crippen molar-refractivity contribution >= 4 is 0 Å². The maximum absolute atomic E-state index is 12.0. The molecule has 39 heavy (non-hydrogen) atoms. The molecular weight excluding hydrogens is 486 g/mol. The van der Waals surface area contributed by atoms with Gasteiger partial charge in [-0.3, -0.25) is 0 Å². The molecule has 1 saturated carbocycles. The van der Waals surface area contributed by atoms with E-state index in [4.69, 9.17) is 14.2 Å². The summed E-state index contributed by atoms with van der Waals surface area (Å²) in [4.78, 5) is 2.57. The van der Waals surface area contributed by atoms with E-state index in [2.05, 4.69) is 73.5 Å². The van der Waals surface area contributed by atoms with E-state index in [1.165, 1.54) is 16.7 Å². The van der Waals surface area contributed by atoms with Crippen molar-refractivity contribution in [2.75, 3.05) is 27.3 Å². The summed E-state index contributed by atoms with van der Waals surface area (Å²) in [5.41, 5.74) is 2.23. The highest BCUT2D eigenvalue weighted by Crippen LogP contribution is 2.75. The van der Waals surface area contributed by atoms with E-state index in [9.17, 15) is 5.11 Å². The second-order valence-corrected chi connectivity index (χ2v) is 13.1. The SMILES string of the molecule is CCCC[C@@](C)(O)[C@H]1CC23C=C[C@@]1(OC)[C@@H]1Oc4c(OCCc5ccccc5)ccc5c4[C@@]12CCN(C)[C@@H]3C5. The minimum Gasteiger partial charge on any atom is -0.489 e. The molecule has 1 unspecified atom stereocenters. The monoisotopic (exact) mass is 529 g/mol. The summed E-state index contributed by atoms with van der Waals surface area (Å²) in [5, 5.41) is 12.0. The third-order valence-corrected chi connectivity index (χ3v) is 11.3. The number of hydrogen-bond acceptors (Lipinski definition) is 5. The van der Waals surface area contributed by atoms with Crippen LogP contribution in [0.5, 0.6) is 11.5 Å². The topological polar surface area (TPSA) is 51.2 Å². The van der Waals surface area contributed by atoms with Crippen LogP contribution in [-0.2, 0) is 23.0 Å². The summed E-state index contributed by atoms with van der Waals surface area (Å²) < 4.78 is 20.2. The predicted molar refractivity (Wildman–Crippen MR) is 152 cm³/mol. The average Bonchev–Trinajstić information content (AvgIpc) is 3.32. The van der Waals surface area contributed by atoms with Gasteiger partial charge in [0.15, 0.2) is 11.5 Å². The van der Waals surface area contributed by atoms with E-state index in [-0.39, 0.29) is 22.9 Å². The molecule has 4 aliphatic carbocycles. The lowest BCUT2D eigenvalue weighted by Gasteiger charge is -2.72. The van der Waals surface area contributed by atoms with Crippen LogP contribution in [0.15, 0.2) is 54.6 Å². The fourth-order valence-electron chi connectivity index (χ4n) is 9.50. The summed E-state index contributed by atoms with van der Waals surface area (Å²) in [6.07, 6.45) is 11.2. The van der Waals surface area contributed by atoms with Gasteiger partial charge >= 0.3 is 0 Å². The third-order valence-electron chi connectivity index (χ3n) is 11.3. The van der Waals surface area contributed by atoms with Crippen LogP contribution < -0.4 is 9.47 Å². The number of hydrogen-bond donors (Lipinski definition) is 1. The molecule has 6 aliphatic rings. The summed E-state index contributed by atoms with van der Waals surface area (Å²) >= 11 is 0. The Morgan fingerprint density at radius 3 is 2.74 bits per heavy atom. The van der Waals surface area contributed by atoms with Gasteiger partial charge in [-0.2, -0.15) is 0 Å². The van der Waals surface area contributed by atoms with Crippen molar-refractivity contribution in [3.05, 3.63) is 71.3 Å². The molecule has 1 N–H and O–H groups in total. The first kappa shape index (κ1) is 25.6. The van der Waals surface area contributed by atoms with Crippen molar-refractivity contribution in [2.45, 2.75) is 87.6 Å². The summed E-state index contributed by atoms with van der Waals surface area (Å²) in [7, 11) is 4.11. The Morgan fingerprint density at radius 2 is 1.97 bits per heavy atom. The maximum atomic E-state index is 12.0. The van der Waals surface area contributed by atoms with E-state index in [0.29, 0.717) is 12.6 Å². The summed E-state index contributed by atoms with van der Waals surface area (Å²) in [6, 6.07) is 15.3. The zero-order chi connectivity index (χ0) is 27.0. The maximum Gasteiger partial charge on any atom is 0.166 e. The third kappa shape index (κ3) is 3.24. The average molecular weight is 530 g/mol. The van der Waals surface area contributed by atoms with Gasteiger partial charge in [0.25, 0.3) is 0 Å². The van der Waals surface area contributed by atoms with Crippen molar-refractivity contribution < 1.29 is 19.3 Å². The highest BCUT2D eigenvalue weighted by molar-refractivity contribution is 5.65. The Balaban J connectivity index is 1.34. The van der Waals surface area contributed by atoms with Gasteiger partial charge < -0.3 is 24.2 Å². The van der Waals surface area contributed by atoms with Crippen molar-refractivity contribution in [1.29, 1.82) is 0 Å². The first-order valence-electron chi connectivity index (χ1n) is 15.0. The van der Waals surface area contributed by atoms with Crippen LogP contribution in [0.1, 0.15) is 62.6 Å². The fraction of sp³-hybridized carbons (Fsp3) is 0.588. The number of ether oxygens (including phenoxy) is 3. The lowest BCUT2D eigenvalue weighted by molar-refractivity contribution is -0.247. The van der Waals surface area contributed by atoms with Crippen LogP contribution in [0.4, 0.5) is 0 Å². The number of fused-ring (bicyclic) bond motifs is 1. The molecule has 2 aromatic carbocycles. The van der Waals surface area contributed by atoms with E-state index in [0.717, 1.165) is 63.0 Å².